The quantitative estimate of drug-likeness (QED) is 0.393. The SMILES string of the molecule is CC1([N+](=O)[O-])CN(C(=O)CBr)C1. The molecule has 0 bridgehead atoms. The summed E-state index contributed by atoms with van der Waals surface area (Å²) in [7, 11) is 0. The normalized spacial score (nSPS) is 20.0. The smallest absolute Gasteiger partial charge is 0.253 e. The predicted octanol–water partition coefficient (Wildman–Crippen LogP) is 0.259. The average Bonchev–Trinajstić information content (AvgIpc) is 1.96. The molecule has 0 aromatic heterocycles. The van der Waals surface area contributed by atoms with Gasteiger partial charge in [-0.05, 0) is 0 Å². The van der Waals surface area contributed by atoms with Crippen LogP contribution in [-0.4, -0.2) is 39.7 Å². The largest absolute Gasteiger partial charge is 0.327 e. The molecule has 0 aliphatic carbocycles. The molecule has 1 rings (SSSR count). The highest BCUT2D eigenvalue weighted by Gasteiger charge is 2.51. The third-order valence-corrected chi connectivity index (χ3v) is 2.45. The summed E-state index contributed by atoms with van der Waals surface area (Å²) in [4.78, 5) is 22.5. The summed E-state index contributed by atoms with van der Waals surface area (Å²) in [6, 6.07) is 0. The summed E-state index contributed by atoms with van der Waals surface area (Å²) >= 11 is 3.00. The summed E-state index contributed by atoms with van der Waals surface area (Å²) in [5, 5.41) is 10.7. The van der Waals surface area contributed by atoms with E-state index in [1.165, 1.54) is 4.90 Å². The van der Waals surface area contributed by atoms with Crippen molar-refractivity contribution in [1.82, 2.24) is 4.90 Å². The molecule has 1 aliphatic rings. The van der Waals surface area contributed by atoms with E-state index in [2.05, 4.69) is 15.9 Å². The average molecular weight is 237 g/mol. The summed E-state index contributed by atoms with van der Waals surface area (Å²) < 4.78 is 0. The molecule has 0 spiro atoms. The molecule has 1 fully saturated rings. The van der Waals surface area contributed by atoms with Gasteiger partial charge in [-0.1, -0.05) is 15.9 Å². The van der Waals surface area contributed by atoms with Crippen molar-refractivity contribution in [2.45, 2.75) is 12.5 Å². The van der Waals surface area contributed by atoms with E-state index in [9.17, 15) is 14.9 Å². The molecule has 12 heavy (non-hydrogen) atoms. The Bertz CT molecular complexity index is 225. The zero-order chi connectivity index (χ0) is 9.35. The van der Waals surface area contributed by atoms with E-state index in [0.29, 0.717) is 0 Å². The van der Waals surface area contributed by atoms with Gasteiger partial charge in [0.05, 0.1) is 18.4 Å². The van der Waals surface area contributed by atoms with Crippen molar-refractivity contribution in [2.24, 2.45) is 0 Å². The first kappa shape index (κ1) is 9.44. The molecule has 0 aromatic rings. The third-order valence-electron chi connectivity index (χ3n) is 1.97. The maximum Gasteiger partial charge on any atom is 0.253 e. The van der Waals surface area contributed by atoms with Gasteiger partial charge < -0.3 is 4.90 Å². The third kappa shape index (κ3) is 1.43. The maximum absolute atomic E-state index is 11.0. The lowest BCUT2D eigenvalue weighted by atomic mass is 9.93. The van der Waals surface area contributed by atoms with Crippen LogP contribution in [0.25, 0.3) is 0 Å². The van der Waals surface area contributed by atoms with Crippen molar-refractivity contribution in [3.05, 3.63) is 10.1 Å². The molecular formula is C6H9BrN2O3. The number of carbonyl (C=O) groups is 1. The number of nitrogens with zero attached hydrogens (tertiary/aromatic N) is 2. The van der Waals surface area contributed by atoms with Crippen LogP contribution < -0.4 is 0 Å². The number of halogens is 1. The Kier molecular flexibility index (Phi) is 2.36. The number of carbonyl (C=O) groups excluding carboxylic acids is 1. The number of hydrogen-bond acceptors (Lipinski definition) is 3. The van der Waals surface area contributed by atoms with Gasteiger partial charge in [-0.15, -0.1) is 0 Å². The van der Waals surface area contributed by atoms with Crippen molar-refractivity contribution in [3.63, 3.8) is 0 Å². The molecule has 0 unspecified atom stereocenters. The highest BCUT2D eigenvalue weighted by Crippen LogP contribution is 2.23. The van der Waals surface area contributed by atoms with Gasteiger partial charge in [0, 0.05) is 11.8 Å². The van der Waals surface area contributed by atoms with Crippen molar-refractivity contribution < 1.29 is 9.72 Å². The monoisotopic (exact) mass is 236 g/mol. The van der Waals surface area contributed by atoms with E-state index in [4.69, 9.17) is 0 Å². The van der Waals surface area contributed by atoms with Gasteiger partial charge in [-0.25, -0.2) is 0 Å². The van der Waals surface area contributed by atoms with Crippen LogP contribution in [0.15, 0.2) is 0 Å². The number of alkyl halides is 1. The van der Waals surface area contributed by atoms with Gasteiger partial charge in [0.15, 0.2) is 0 Å². The number of likely N-dealkylation sites (tertiary alicyclic amines) is 1. The minimum absolute atomic E-state index is 0.0886. The van der Waals surface area contributed by atoms with Gasteiger partial charge >= 0.3 is 0 Å². The first-order valence-electron chi connectivity index (χ1n) is 3.48. The predicted molar refractivity (Wildman–Crippen MR) is 45.8 cm³/mol. The molecule has 5 nitrogen and oxygen atoms in total. The summed E-state index contributed by atoms with van der Waals surface area (Å²) in [5.41, 5.74) is -0.919. The maximum atomic E-state index is 11.0. The van der Waals surface area contributed by atoms with Crippen LogP contribution in [0.3, 0.4) is 0 Å². The van der Waals surface area contributed by atoms with E-state index < -0.39 is 5.54 Å². The van der Waals surface area contributed by atoms with E-state index in [-0.39, 0.29) is 29.3 Å². The summed E-state index contributed by atoms with van der Waals surface area (Å²) in [6.45, 7) is 2.00. The second-order valence-electron chi connectivity index (χ2n) is 3.14. The highest BCUT2D eigenvalue weighted by atomic mass is 79.9. The Labute approximate surface area is 78.0 Å². The molecule has 1 amide bonds. The van der Waals surface area contributed by atoms with Crippen LogP contribution in [-0.2, 0) is 4.79 Å². The molecular weight excluding hydrogens is 228 g/mol. The first-order valence-corrected chi connectivity index (χ1v) is 4.60. The molecule has 1 aliphatic heterocycles. The molecule has 1 saturated heterocycles. The lowest BCUT2D eigenvalue weighted by Crippen LogP contribution is -2.65. The Balaban J connectivity index is 2.47. The molecule has 0 radical (unpaired) electrons. The molecule has 6 heteroatoms. The van der Waals surface area contributed by atoms with Crippen molar-refractivity contribution in [1.29, 1.82) is 0 Å². The molecule has 0 aromatic carbocycles. The zero-order valence-electron chi connectivity index (χ0n) is 6.62. The molecule has 1 heterocycles. The van der Waals surface area contributed by atoms with Crippen molar-refractivity contribution in [2.75, 3.05) is 18.4 Å². The fraction of sp³-hybridized carbons (Fsp3) is 0.833. The number of amides is 1. The Morgan fingerprint density at radius 3 is 2.58 bits per heavy atom. The second-order valence-corrected chi connectivity index (χ2v) is 3.70. The van der Waals surface area contributed by atoms with Gasteiger partial charge in [-0.2, -0.15) is 0 Å². The number of rotatable bonds is 2. The van der Waals surface area contributed by atoms with E-state index in [1.54, 1.807) is 6.92 Å². The topological polar surface area (TPSA) is 63.5 Å². The highest BCUT2D eigenvalue weighted by molar-refractivity contribution is 9.09. The summed E-state index contributed by atoms with van der Waals surface area (Å²) in [6.07, 6.45) is 0. The fourth-order valence-electron chi connectivity index (χ4n) is 1.15. The zero-order valence-corrected chi connectivity index (χ0v) is 8.20. The van der Waals surface area contributed by atoms with Crippen molar-refractivity contribution >= 4 is 21.8 Å². The fourth-order valence-corrected chi connectivity index (χ4v) is 1.51. The minimum atomic E-state index is -0.919. The Morgan fingerprint density at radius 1 is 1.75 bits per heavy atom. The summed E-state index contributed by atoms with van der Waals surface area (Å²) in [5.74, 6) is -0.0886. The van der Waals surface area contributed by atoms with E-state index in [0.717, 1.165) is 0 Å². The number of hydrogen-bond donors (Lipinski definition) is 0. The van der Waals surface area contributed by atoms with Crippen LogP contribution in [0, 0.1) is 10.1 Å². The standard InChI is InChI=1S/C6H9BrN2O3/c1-6(9(11)12)3-8(4-6)5(10)2-7/h2-4H2,1H3. The Hall–Kier alpha value is -0.650. The van der Waals surface area contributed by atoms with Crippen LogP contribution in [0.4, 0.5) is 0 Å². The Morgan fingerprint density at radius 2 is 2.25 bits per heavy atom. The van der Waals surface area contributed by atoms with Gasteiger partial charge in [0.1, 0.15) is 0 Å². The molecule has 0 N–H and O–H groups in total. The van der Waals surface area contributed by atoms with Crippen LogP contribution in [0.5, 0.6) is 0 Å². The first-order chi connectivity index (χ1) is 5.49. The van der Waals surface area contributed by atoms with Crippen molar-refractivity contribution in [3.8, 4) is 0 Å². The van der Waals surface area contributed by atoms with Gasteiger partial charge in [0.25, 0.3) is 5.54 Å². The molecule has 0 atom stereocenters. The van der Waals surface area contributed by atoms with Crippen LogP contribution >= 0.6 is 15.9 Å². The van der Waals surface area contributed by atoms with E-state index >= 15 is 0 Å². The minimum Gasteiger partial charge on any atom is -0.327 e. The lowest BCUT2D eigenvalue weighted by molar-refractivity contribution is -0.581. The second kappa shape index (κ2) is 3.01. The molecule has 0 saturated carbocycles. The van der Waals surface area contributed by atoms with Gasteiger partial charge in [0.2, 0.25) is 5.91 Å². The van der Waals surface area contributed by atoms with E-state index in [1.807, 2.05) is 0 Å². The van der Waals surface area contributed by atoms with Crippen LogP contribution in [0.1, 0.15) is 6.92 Å². The molecule has 68 valence electrons. The van der Waals surface area contributed by atoms with Gasteiger partial charge in [-0.3, -0.25) is 14.9 Å². The number of nitro groups is 1. The lowest BCUT2D eigenvalue weighted by Gasteiger charge is -2.40. The van der Waals surface area contributed by atoms with Crippen LogP contribution in [0.2, 0.25) is 0 Å².